The predicted octanol–water partition coefficient (Wildman–Crippen LogP) is 3.67. The smallest absolute Gasteiger partial charge is 0.307 e. The number of rotatable bonds is 11. The molecule has 0 bridgehead atoms. The van der Waals surface area contributed by atoms with E-state index in [0.29, 0.717) is 30.7 Å². The Labute approximate surface area is 159 Å². The van der Waals surface area contributed by atoms with Crippen LogP contribution in [0.1, 0.15) is 73.1 Å². The number of primary amides is 1. The van der Waals surface area contributed by atoms with Crippen molar-refractivity contribution in [1.82, 2.24) is 5.32 Å². The Morgan fingerprint density at radius 3 is 2.12 bits per heavy atom. The van der Waals surface area contributed by atoms with Crippen molar-refractivity contribution in [2.24, 2.45) is 41.2 Å². The van der Waals surface area contributed by atoms with Crippen LogP contribution in [0.3, 0.4) is 0 Å². The second kappa shape index (κ2) is 10.9. The third-order valence-electron chi connectivity index (χ3n) is 6.14. The van der Waals surface area contributed by atoms with Crippen molar-refractivity contribution in [1.29, 1.82) is 0 Å². The fourth-order valence-corrected chi connectivity index (χ4v) is 4.90. The van der Waals surface area contributed by atoms with Gasteiger partial charge in [0.25, 0.3) is 0 Å². The Morgan fingerprint density at radius 2 is 1.69 bits per heavy atom. The zero-order valence-corrected chi connectivity index (χ0v) is 17.3. The number of amides is 1. The van der Waals surface area contributed by atoms with Crippen molar-refractivity contribution in [3.05, 3.63) is 0 Å². The minimum Gasteiger partial charge on any atom is -0.481 e. The minimum absolute atomic E-state index is 0.0187. The predicted molar refractivity (Wildman–Crippen MR) is 106 cm³/mol. The van der Waals surface area contributed by atoms with Crippen LogP contribution in [0.25, 0.3) is 0 Å². The maximum absolute atomic E-state index is 12.3. The standard InChI is InChI=1S/C21H40N2O3/c1-6-18(20(22)24)23-12-15(11-13(2)3)19(21(25)26)17-10-8-7-9-16(17)14(4)5/h13-19,23H,6-12H2,1-5H3,(H2,22,24)(H,25,26)/t15-,16?,17?,18-,19+/m0/s1. The fourth-order valence-electron chi connectivity index (χ4n) is 4.90. The van der Waals surface area contributed by atoms with Crippen LogP contribution >= 0.6 is 0 Å². The van der Waals surface area contributed by atoms with Crippen molar-refractivity contribution in [2.75, 3.05) is 6.54 Å². The van der Waals surface area contributed by atoms with E-state index < -0.39 is 5.97 Å². The quantitative estimate of drug-likeness (QED) is 0.519. The van der Waals surface area contributed by atoms with Gasteiger partial charge in [0, 0.05) is 0 Å². The van der Waals surface area contributed by atoms with Crippen LogP contribution in [0.4, 0.5) is 0 Å². The first-order valence-corrected chi connectivity index (χ1v) is 10.4. The van der Waals surface area contributed by atoms with Crippen LogP contribution in [-0.4, -0.2) is 29.6 Å². The summed E-state index contributed by atoms with van der Waals surface area (Å²) in [6.07, 6.45) is 5.94. The summed E-state index contributed by atoms with van der Waals surface area (Å²) in [5.41, 5.74) is 5.46. The van der Waals surface area contributed by atoms with Gasteiger partial charge < -0.3 is 16.2 Å². The average molecular weight is 369 g/mol. The Hall–Kier alpha value is -1.10. The molecule has 152 valence electrons. The number of nitrogens with one attached hydrogen (secondary N) is 1. The number of carboxylic acids is 1. The Balaban J connectivity index is 3.03. The molecule has 0 spiro atoms. The lowest BCUT2D eigenvalue weighted by Gasteiger charge is -2.41. The molecule has 0 saturated heterocycles. The van der Waals surface area contributed by atoms with Crippen molar-refractivity contribution in [3.63, 3.8) is 0 Å². The summed E-state index contributed by atoms with van der Waals surface area (Å²) < 4.78 is 0. The Morgan fingerprint density at radius 1 is 1.12 bits per heavy atom. The lowest BCUT2D eigenvalue weighted by atomic mass is 9.64. The van der Waals surface area contributed by atoms with Crippen LogP contribution in [0, 0.1) is 35.5 Å². The maximum atomic E-state index is 12.3. The molecule has 0 radical (unpaired) electrons. The lowest BCUT2D eigenvalue weighted by Crippen LogP contribution is -2.47. The SMILES string of the molecule is CC[C@H](NC[C@H](CC(C)C)[C@@H](C(=O)O)C1CCCCC1C(C)C)C(N)=O. The summed E-state index contributed by atoms with van der Waals surface area (Å²) in [5.74, 6) is 0.232. The van der Waals surface area contributed by atoms with Crippen LogP contribution in [0.15, 0.2) is 0 Å². The number of carbonyl (C=O) groups excluding carboxylic acids is 1. The molecule has 1 aliphatic carbocycles. The number of hydrogen-bond donors (Lipinski definition) is 3. The number of nitrogens with two attached hydrogens (primary N) is 1. The van der Waals surface area contributed by atoms with Crippen LogP contribution in [-0.2, 0) is 9.59 Å². The van der Waals surface area contributed by atoms with Crippen molar-refractivity contribution < 1.29 is 14.7 Å². The summed E-state index contributed by atoms with van der Waals surface area (Å²) in [6, 6.07) is -0.383. The molecule has 2 unspecified atom stereocenters. The molecule has 5 heteroatoms. The highest BCUT2D eigenvalue weighted by Gasteiger charge is 2.41. The number of carboxylic acid groups (broad SMARTS) is 1. The molecule has 4 N–H and O–H groups in total. The highest BCUT2D eigenvalue weighted by molar-refractivity contribution is 5.79. The van der Waals surface area contributed by atoms with E-state index in [1.165, 1.54) is 6.42 Å². The van der Waals surface area contributed by atoms with E-state index in [1.54, 1.807) is 0 Å². The molecule has 0 heterocycles. The lowest BCUT2D eigenvalue weighted by molar-refractivity contribution is -0.148. The molecule has 0 aromatic carbocycles. The van der Waals surface area contributed by atoms with Crippen molar-refractivity contribution >= 4 is 11.9 Å². The largest absolute Gasteiger partial charge is 0.481 e. The third kappa shape index (κ3) is 6.57. The van der Waals surface area contributed by atoms with E-state index in [4.69, 9.17) is 5.73 Å². The van der Waals surface area contributed by atoms with Crippen molar-refractivity contribution in [2.45, 2.75) is 79.2 Å². The van der Waals surface area contributed by atoms with Gasteiger partial charge in [-0.3, -0.25) is 9.59 Å². The van der Waals surface area contributed by atoms with Gasteiger partial charge in [0.1, 0.15) is 0 Å². The highest BCUT2D eigenvalue weighted by Crippen LogP contribution is 2.43. The van der Waals surface area contributed by atoms with Gasteiger partial charge in [-0.05, 0) is 61.8 Å². The summed E-state index contributed by atoms with van der Waals surface area (Å²) >= 11 is 0. The van der Waals surface area contributed by atoms with Crippen molar-refractivity contribution in [3.8, 4) is 0 Å². The summed E-state index contributed by atoms with van der Waals surface area (Å²) in [4.78, 5) is 23.9. The van der Waals surface area contributed by atoms with E-state index in [0.717, 1.165) is 25.7 Å². The molecular weight excluding hydrogens is 328 g/mol. The molecule has 1 saturated carbocycles. The zero-order chi connectivity index (χ0) is 19.9. The second-order valence-corrected chi connectivity index (χ2v) is 8.88. The Kier molecular flexibility index (Phi) is 9.62. The molecule has 26 heavy (non-hydrogen) atoms. The minimum atomic E-state index is -0.679. The van der Waals surface area contributed by atoms with Gasteiger partial charge >= 0.3 is 5.97 Å². The topological polar surface area (TPSA) is 92.4 Å². The van der Waals surface area contributed by atoms with Crippen LogP contribution in [0.5, 0.6) is 0 Å². The fraction of sp³-hybridized carbons (Fsp3) is 0.905. The van der Waals surface area contributed by atoms with E-state index in [9.17, 15) is 14.7 Å². The van der Waals surface area contributed by atoms with E-state index in [1.807, 2.05) is 6.92 Å². The Bertz CT molecular complexity index is 451. The first kappa shape index (κ1) is 22.9. The van der Waals surface area contributed by atoms with Gasteiger partial charge in [-0.1, -0.05) is 47.5 Å². The monoisotopic (exact) mass is 368 g/mol. The summed E-state index contributed by atoms with van der Waals surface area (Å²) in [6.45, 7) is 11.2. The molecule has 0 aliphatic heterocycles. The maximum Gasteiger partial charge on any atom is 0.307 e. The number of hydrogen-bond acceptors (Lipinski definition) is 3. The van der Waals surface area contributed by atoms with E-state index >= 15 is 0 Å². The average Bonchev–Trinajstić information content (AvgIpc) is 2.54. The molecular formula is C21H40N2O3. The van der Waals surface area contributed by atoms with E-state index in [2.05, 4.69) is 33.0 Å². The van der Waals surface area contributed by atoms with Gasteiger partial charge in [0.05, 0.1) is 12.0 Å². The molecule has 1 rings (SSSR count). The summed E-state index contributed by atoms with van der Waals surface area (Å²) in [5, 5.41) is 13.4. The molecule has 5 atom stereocenters. The number of carbonyl (C=O) groups is 2. The molecule has 5 nitrogen and oxygen atoms in total. The first-order chi connectivity index (χ1) is 12.2. The molecule has 1 aliphatic rings. The van der Waals surface area contributed by atoms with E-state index in [-0.39, 0.29) is 29.7 Å². The van der Waals surface area contributed by atoms with Gasteiger partial charge in [-0.25, -0.2) is 0 Å². The second-order valence-electron chi connectivity index (χ2n) is 8.88. The van der Waals surface area contributed by atoms with Gasteiger partial charge in [0.15, 0.2) is 0 Å². The normalized spacial score (nSPS) is 24.4. The first-order valence-electron chi connectivity index (χ1n) is 10.4. The highest BCUT2D eigenvalue weighted by atomic mass is 16.4. The molecule has 0 aromatic rings. The number of aliphatic carboxylic acids is 1. The van der Waals surface area contributed by atoms with Gasteiger partial charge in [-0.15, -0.1) is 0 Å². The molecule has 1 amide bonds. The molecule has 0 aromatic heterocycles. The molecule has 1 fully saturated rings. The third-order valence-corrected chi connectivity index (χ3v) is 6.14. The van der Waals surface area contributed by atoms with Crippen LogP contribution in [0.2, 0.25) is 0 Å². The summed E-state index contributed by atoms with van der Waals surface area (Å²) in [7, 11) is 0. The van der Waals surface area contributed by atoms with Gasteiger partial charge in [0.2, 0.25) is 5.91 Å². The van der Waals surface area contributed by atoms with Gasteiger partial charge in [-0.2, -0.15) is 0 Å². The zero-order valence-electron chi connectivity index (χ0n) is 17.3. The van der Waals surface area contributed by atoms with Crippen LogP contribution < -0.4 is 11.1 Å².